The van der Waals surface area contributed by atoms with Crippen LogP contribution >= 0.6 is 23.2 Å². The average Bonchev–Trinajstić information content (AvgIpc) is 2.43. The molecule has 0 spiro atoms. The first-order chi connectivity index (χ1) is 7.24. The van der Waals surface area contributed by atoms with Gasteiger partial charge in [0.25, 0.3) is 0 Å². The highest BCUT2D eigenvalue weighted by molar-refractivity contribution is 6.36. The highest BCUT2D eigenvalue weighted by Gasteiger charge is 2.18. The molecule has 4 heteroatoms. The van der Waals surface area contributed by atoms with Gasteiger partial charge in [0, 0.05) is 5.69 Å². The minimum Gasteiger partial charge on any atom is -0.239 e. The van der Waals surface area contributed by atoms with Crippen LogP contribution in [0.5, 0.6) is 0 Å². The quantitative estimate of drug-likeness (QED) is 0.514. The Labute approximate surface area is 98.8 Å². The van der Waals surface area contributed by atoms with E-state index in [-0.39, 0.29) is 5.15 Å². The predicted octanol–water partition coefficient (Wildman–Crippen LogP) is 3.53. The zero-order chi connectivity index (χ0) is 10.8. The SMILES string of the molecule is N#Cc1c(Cl)nc2c(c1Cl)CCCCC2. The summed E-state index contributed by atoms with van der Waals surface area (Å²) < 4.78 is 0. The fourth-order valence-electron chi connectivity index (χ4n) is 1.94. The molecule has 2 nitrogen and oxygen atoms in total. The zero-order valence-electron chi connectivity index (χ0n) is 8.19. The average molecular weight is 241 g/mol. The smallest absolute Gasteiger partial charge is 0.148 e. The van der Waals surface area contributed by atoms with Gasteiger partial charge in [0.1, 0.15) is 16.8 Å². The fraction of sp³-hybridized carbons (Fsp3) is 0.455. The van der Waals surface area contributed by atoms with Crippen LogP contribution in [0.4, 0.5) is 0 Å². The summed E-state index contributed by atoms with van der Waals surface area (Å²) in [5.41, 5.74) is 2.32. The first kappa shape index (κ1) is 10.7. The molecule has 15 heavy (non-hydrogen) atoms. The van der Waals surface area contributed by atoms with E-state index in [2.05, 4.69) is 4.98 Å². The van der Waals surface area contributed by atoms with Gasteiger partial charge in [0.2, 0.25) is 0 Å². The van der Waals surface area contributed by atoms with E-state index in [1.165, 1.54) is 6.42 Å². The van der Waals surface area contributed by atoms with Crippen LogP contribution in [-0.4, -0.2) is 4.98 Å². The maximum Gasteiger partial charge on any atom is 0.148 e. The first-order valence-electron chi connectivity index (χ1n) is 5.01. The lowest BCUT2D eigenvalue weighted by Crippen LogP contribution is -2.00. The number of hydrogen-bond acceptors (Lipinski definition) is 2. The molecule has 0 atom stereocenters. The van der Waals surface area contributed by atoms with E-state index in [0.717, 1.165) is 36.9 Å². The lowest BCUT2D eigenvalue weighted by atomic mass is 10.1. The maximum absolute atomic E-state index is 8.91. The van der Waals surface area contributed by atoms with E-state index in [1.807, 2.05) is 6.07 Å². The normalized spacial score (nSPS) is 15.3. The van der Waals surface area contributed by atoms with Crippen LogP contribution in [0.25, 0.3) is 0 Å². The van der Waals surface area contributed by atoms with Gasteiger partial charge >= 0.3 is 0 Å². The Morgan fingerprint density at radius 1 is 1.13 bits per heavy atom. The van der Waals surface area contributed by atoms with Crippen LogP contribution in [0.15, 0.2) is 0 Å². The maximum atomic E-state index is 8.91. The van der Waals surface area contributed by atoms with Gasteiger partial charge in [0.15, 0.2) is 0 Å². The molecule has 1 aliphatic rings. The molecule has 1 aromatic rings. The van der Waals surface area contributed by atoms with Crippen molar-refractivity contribution in [3.05, 3.63) is 27.0 Å². The molecule has 0 saturated heterocycles. The van der Waals surface area contributed by atoms with Crippen LogP contribution in [-0.2, 0) is 12.8 Å². The highest BCUT2D eigenvalue weighted by atomic mass is 35.5. The number of nitrogens with zero attached hydrogens (tertiary/aromatic N) is 2. The van der Waals surface area contributed by atoms with Crippen LogP contribution in [0, 0.1) is 11.3 Å². The number of aromatic nitrogens is 1. The minimum atomic E-state index is 0.239. The second-order valence-electron chi connectivity index (χ2n) is 3.69. The van der Waals surface area contributed by atoms with Gasteiger partial charge in [-0.25, -0.2) is 4.98 Å². The minimum absolute atomic E-state index is 0.239. The molecule has 0 N–H and O–H groups in total. The summed E-state index contributed by atoms with van der Waals surface area (Å²) in [5.74, 6) is 0. The van der Waals surface area contributed by atoms with Crippen molar-refractivity contribution in [2.75, 3.05) is 0 Å². The van der Waals surface area contributed by atoms with Crippen LogP contribution in [0.2, 0.25) is 10.2 Å². The molecule has 0 amide bonds. The second kappa shape index (κ2) is 4.38. The number of halogens is 2. The Morgan fingerprint density at radius 2 is 1.87 bits per heavy atom. The van der Waals surface area contributed by atoms with Crippen molar-refractivity contribution in [3.8, 4) is 6.07 Å². The Bertz CT molecular complexity index is 435. The van der Waals surface area contributed by atoms with Gasteiger partial charge in [-0.2, -0.15) is 5.26 Å². The van der Waals surface area contributed by atoms with Gasteiger partial charge in [-0.05, 0) is 31.2 Å². The number of aryl methyl sites for hydroxylation is 1. The van der Waals surface area contributed by atoms with E-state index < -0.39 is 0 Å². The van der Waals surface area contributed by atoms with Crippen molar-refractivity contribution in [2.45, 2.75) is 32.1 Å². The topological polar surface area (TPSA) is 36.7 Å². The summed E-state index contributed by atoms with van der Waals surface area (Å²) in [6, 6.07) is 2.01. The Balaban J connectivity index is 2.60. The molecule has 1 aliphatic carbocycles. The first-order valence-corrected chi connectivity index (χ1v) is 5.76. The number of hydrogen-bond donors (Lipinski definition) is 0. The Hall–Kier alpha value is -0.780. The Morgan fingerprint density at radius 3 is 2.60 bits per heavy atom. The molecule has 78 valence electrons. The van der Waals surface area contributed by atoms with E-state index >= 15 is 0 Å². The summed E-state index contributed by atoms with van der Waals surface area (Å²) >= 11 is 12.1. The summed E-state index contributed by atoms with van der Waals surface area (Å²) in [7, 11) is 0. The fourth-order valence-corrected chi connectivity index (χ4v) is 2.56. The van der Waals surface area contributed by atoms with E-state index in [9.17, 15) is 0 Å². The van der Waals surface area contributed by atoms with E-state index in [0.29, 0.717) is 10.6 Å². The van der Waals surface area contributed by atoms with Crippen molar-refractivity contribution >= 4 is 23.2 Å². The van der Waals surface area contributed by atoms with Crippen molar-refractivity contribution in [1.82, 2.24) is 4.98 Å². The summed E-state index contributed by atoms with van der Waals surface area (Å²) in [5, 5.41) is 9.66. The van der Waals surface area contributed by atoms with E-state index in [4.69, 9.17) is 28.5 Å². The predicted molar refractivity (Wildman–Crippen MR) is 60.2 cm³/mol. The van der Waals surface area contributed by atoms with Gasteiger partial charge in [-0.3, -0.25) is 0 Å². The molecule has 0 fully saturated rings. The van der Waals surface area contributed by atoms with Crippen LogP contribution in [0.1, 0.15) is 36.1 Å². The third-order valence-electron chi connectivity index (χ3n) is 2.72. The van der Waals surface area contributed by atoms with Gasteiger partial charge in [-0.15, -0.1) is 0 Å². The van der Waals surface area contributed by atoms with Crippen molar-refractivity contribution < 1.29 is 0 Å². The molecule has 1 heterocycles. The van der Waals surface area contributed by atoms with Gasteiger partial charge in [-0.1, -0.05) is 29.6 Å². The van der Waals surface area contributed by atoms with Gasteiger partial charge in [0.05, 0.1) is 5.02 Å². The van der Waals surface area contributed by atoms with Crippen molar-refractivity contribution in [3.63, 3.8) is 0 Å². The molecule has 0 radical (unpaired) electrons. The zero-order valence-corrected chi connectivity index (χ0v) is 9.70. The second-order valence-corrected chi connectivity index (χ2v) is 4.43. The summed E-state index contributed by atoms with van der Waals surface area (Å²) in [4.78, 5) is 4.26. The van der Waals surface area contributed by atoms with E-state index in [1.54, 1.807) is 0 Å². The van der Waals surface area contributed by atoms with Crippen LogP contribution in [0.3, 0.4) is 0 Å². The van der Waals surface area contributed by atoms with Crippen LogP contribution < -0.4 is 0 Å². The molecule has 0 aromatic carbocycles. The van der Waals surface area contributed by atoms with Crippen molar-refractivity contribution in [1.29, 1.82) is 5.26 Å². The Kier molecular flexibility index (Phi) is 3.14. The molecule has 0 saturated carbocycles. The van der Waals surface area contributed by atoms with Crippen molar-refractivity contribution in [2.24, 2.45) is 0 Å². The van der Waals surface area contributed by atoms with Gasteiger partial charge < -0.3 is 0 Å². The highest BCUT2D eigenvalue weighted by Crippen LogP contribution is 2.31. The molecule has 0 aliphatic heterocycles. The largest absolute Gasteiger partial charge is 0.239 e. The molecule has 0 unspecified atom stereocenters. The number of fused-ring (bicyclic) bond motifs is 1. The summed E-state index contributed by atoms with van der Waals surface area (Å²) in [6.07, 6.45) is 5.25. The third-order valence-corrected chi connectivity index (χ3v) is 3.41. The lowest BCUT2D eigenvalue weighted by molar-refractivity contribution is 0.708. The summed E-state index contributed by atoms with van der Waals surface area (Å²) in [6.45, 7) is 0. The molecular formula is C11H10Cl2N2. The lowest BCUT2D eigenvalue weighted by Gasteiger charge is -2.09. The molecule has 1 aromatic heterocycles. The number of nitriles is 1. The number of rotatable bonds is 0. The third kappa shape index (κ3) is 1.95. The monoisotopic (exact) mass is 240 g/mol. The number of pyridine rings is 1. The standard InChI is InChI=1S/C11H10Cl2N2/c12-10-7-4-2-1-3-5-9(7)15-11(13)8(10)6-14/h1-5H2. The molecular weight excluding hydrogens is 231 g/mol. The molecule has 0 bridgehead atoms. The molecule has 2 rings (SSSR count).